The fourth-order valence-corrected chi connectivity index (χ4v) is 3.64. The molecular formula is C18H21ClN2O2. The molecule has 0 bridgehead atoms. The predicted molar refractivity (Wildman–Crippen MR) is 90.6 cm³/mol. The van der Waals surface area contributed by atoms with Crippen LogP contribution in [0, 0.1) is 6.92 Å². The van der Waals surface area contributed by atoms with E-state index in [4.69, 9.17) is 16.1 Å². The van der Waals surface area contributed by atoms with Crippen molar-refractivity contribution < 1.29 is 9.32 Å². The van der Waals surface area contributed by atoms with Crippen molar-refractivity contribution in [1.82, 2.24) is 10.1 Å². The second-order valence-corrected chi connectivity index (χ2v) is 6.69. The van der Waals surface area contributed by atoms with Gasteiger partial charge in [0, 0.05) is 17.6 Å². The first-order valence-electron chi connectivity index (χ1n) is 8.04. The normalized spacial score (nSPS) is 21.5. The zero-order valence-corrected chi connectivity index (χ0v) is 14.4. The van der Waals surface area contributed by atoms with E-state index in [9.17, 15) is 4.79 Å². The number of hydrogen-bond acceptors (Lipinski definition) is 3. The number of piperidine rings is 1. The molecule has 1 amide bonds. The lowest BCUT2D eigenvalue weighted by Gasteiger charge is -2.39. The molecule has 0 unspecified atom stereocenters. The number of carbonyl (C=O) groups excluding carboxylic acids is 1. The molecule has 2 heterocycles. The van der Waals surface area contributed by atoms with Crippen LogP contribution >= 0.6 is 11.6 Å². The molecule has 0 aliphatic carbocycles. The SMILES string of the molecule is Cc1onc(-c2ccccc2Cl)c1C(=O)N1[C@H](C)CCC[C@H]1C. The molecule has 0 N–H and O–H groups in total. The average molecular weight is 333 g/mol. The first-order valence-corrected chi connectivity index (χ1v) is 8.42. The highest BCUT2D eigenvalue weighted by Gasteiger charge is 2.34. The van der Waals surface area contributed by atoms with Crippen LogP contribution in [-0.4, -0.2) is 28.0 Å². The summed E-state index contributed by atoms with van der Waals surface area (Å²) >= 11 is 6.28. The average Bonchev–Trinajstić information content (AvgIpc) is 2.89. The van der Waals surface area contributed by atoms with Gasteiger partial charge in [0.15, 0.2) is 0 Å². The minimum atomic E-state index is -0.0154. The molecule has 1 aliphatic heterocycles. The molecule has 23 heavy (non-hydrogen) atoms. The minimum Gasteiger partial charge on any atom is -0.360 e. The molecule has 4 nitrogen and oxygen atoms in total. The molecule has 2 aromatic rings. The van der Waals surface area contributed by atoms with Crippen molar-refractivity contribution in [3.63, 3.8) is 0 Å². The molecule has 0 spiro atoms. The molecule has 5 heteroatoms. The number of halogens is 1. The van der Waals surface area contributed by atoms with Gasteiger partial charge in [0.25, 0.3) is 5.91 Å². The third-order valence-corrected chi connectivity index (χ3v) is 4.96. The lowest BCUT2D eigenvalue weighted by atomic mass is 9.95. The van der Waals surface area contributed by atoms with Gasteiger partial charge in [-0.3, -0.25) is 4.79 Å². The summed E-state index contributed by atoms with van der Waals surface area (Å²) in [5.74, 6) is 0.522. The van der Waals surface area contributed by atoms with Crippen molar-refractivity contribution in [2.24, 2.45) is 0 Å². The summed E-state index contributed by atoms with van der Waals surface area (Å²) in [6, 6.07) is 7.83. The minimum absolute atomic E-state index is 0.0154. The number of benzene rings is 1. The third kappa shape index (κ3) is 2.88. The fraction of sp³-hybridized carbons (Fsp3) is 0.444. The number of aromatic nitrogens is 1. The van der Waals surface area contributed by atoms with E-state index in [1.165, 1.54) is 0 Å². The summed E-state index contributed by atoms with van der Waals surface area (Å²) in [5.41, 5.74) is 1.79. The Bertz CT molecular complexity index is 716. The molecular weight excluding hydrogens is 312 g/mol. The summed E-state index contributed by atoms with van der Waals surface area (Å²) in [6.45, 7) is 5.98. The lowest BCUT2D eigenvalue weighted by Crippen LogP contribution is -2.47. The Kier molecular flexibility index (Phi) is 4.44. The maximum atomic E-state index is 13.2. The third-order valence-electron chi connectivity index (χ3n) is 4.63. The van der Waals surface area contributed by atoms with Crippen LogP contribution in [-0.2, 0) is 0 Å². The number of hydrogen-bond donors (Lipinski definition) is 0. The summed E-state index contributed by atoms with van der Waals surface area (Å²) in [7, 11) is 0. The van der Waals surface area contributed by atoms with Gasteiger partial charge in [-0.2, -0.15) is 0 Å². The van der Waals surface area contributed by atoms with E-state index in [1.54, 1.807) is 13.0 Å². The van der Waals surface area contributed by atoms with E-state index < -0.39 is 0 Å². The van der Waals surface area contributed by atoms with Crippen LogP contribution in [0.5, 0.6) is 0 Å². The molecule has 1 aromatic heterocycles. The van der Waals surface area contributed by atoms with E-state index >= 15 is 0 Å². The second kappa shape index (κ2) is 6.36. The van der Waals surface area contributed by atoms with E-state index in [0.29, 0.717) is 22.0 Å². The van der Waals surface area contributed by atoms with Gasteiger partial charge < -0.3 is 9.42 Å². The van der Waals surface area contributed by atoms with Gasteiger partial charge in [-0.05, 0) is 46.1 Å². The molecule has 122 valence electrons. The standard InChI is InChI=1S/C18H21ClN2O2/c1-11-7-6-8-12(2)21(11)18(22)16-13(3)23-20-17(16)14-9-4-5-10-15(14)19/h4-5,9-12H,6-8H2,1-3H3/t11-,12-/m1/s1. The van der Waals surface area contributed by atoms with Gasteiger partial charge >= 0.3 is 0 Å². The Morgan fingerprint density at radius 1 is 1.26 bits per heavy atom. The number of likely N-dealkylation sites (tertiary alicyclic amines) is 1. The Morgan fingerprint density at radius 3 is 2.57 bits per heavy atom. The van der Waals surface area contributed by atoms with Crippen molar-refractivity contribution in [2.45, 2.75) is 52.1 Å². The van der Waals surface area contributed by atoms with Gasteiger partial charge in [0.2, 0.25) is 0 Å². The fourth-order valence-electron chi connectivity index (χ4n) is 3.41. The molecule has 1 fully saturated rings. The van der Waals surface area contributed by atoms with Crippen molar-refractivity contribution in [2.75, 3.05) is 0 Å². The quantitative estimate of drug-likeness (QED) is 0.800. The lowest BCUT2D eigenvalue weighted by molar-refractivity contribution is 0.0509. The summed E-state index contributed by atoms with van der Waals surface area (Å²) in [5, 5.41) is 4.67. The maximum Gasteiger partial charge on any atom is 0.260 e. The van der Waals surface area contributed by atoms with E-state index in [2.05, 4.69) is 19.0 Å². The van der Waals surface area contributed by atoms with Crippen LogP contribution in [0.15, 0.2) is 28.8 Å². The van der Waals surface area contributed by atoms with Crippen molar-refractivity contribution in [3.05, 3.63) is 40.6 Å². The van der Waals surface area contributed by atoms with Crippen LogP contribution in [0.25, 0.3) is 11.3 Å². The molecule has 2 atom stereocenters. The van der Waals surface area contributed by atoms with E-state index in [1.807, 2.05) is 23.1 Å². The summed E-state index contributed by atoms with van der Waals surface area (Å²) in [6.07, 6.45) is 3.22. The van der Waals surface area contributed by atoms with Crippen LogP contribution in [0.3, 0.4) is 0 Å². The largest absolute Gasteiger partial charge is 0.360 e. The van der Waals surface area contributed by atoms with E-state index in [0.717, 1.165) is 24.8 Å². The molecule has 0 saturated carbocycles. The van der Waals surface area contributed by atoms with Crippen LogP contribution in [0.2, 0.25) is 5.02 Å². The molecule has 1 saturated heterocycles. The number of nitrogens with zero attached hydrogens (tertiary/aromatic N) is 2. The van der Waals surface area contributed by atoms with Gasteiger partial charge in [0.1, 0.15) is 17.0 Å². The molecule has 1 aliphatic rings. The van der Waals surface area contributed by atoms with Gasteiger partial charge in [0.05, 0.1) is 5.02 Å². The van der Waals surface area contributed by atoms with Gasteiger partial charge in [-0.1, -0.05) is 35.0 Å². The number of rotatable bonds is 2. The number of carbonyl (C=O) groups is 1. The Labute approximate surface area is 141 Å². The Morgan fingerprint density at radius 2 is 1.91 bits per heavy atom. The topological polar surface area (TPSA) is 46.3 Å². The van der Waals surface area contributed by atoms with E-state index in [-0.39, 0.29) is 18.0 Å². The zero-order valence-electron chi connectivity index (χ0n) is 13.7. The molecule has 1 aromatic carbocycles. The second-order valence-electron chi connectivity index (χ2n) is 6.28. The maximum absolute atomic E-state index is 13.2. The van der Waals surface area contributed by atoms with Crippen LogP contribution in [0.4, 0.5) is 0 Å². The Balaban J connectivity index is 2.05. The smallest absolute Gasteiger partial charge is 0.260 e. The zero-order chi connectivity index (χ0) is 16.6. The monoisotopic (exact) mass is 332 g/mol. The molecule has 3 rings (SSSR count). The van der Waals surface area contributed by atoms with Crippen molar-refractivity contribution in [3.8, 4) is 11.3 Å². The first kappa shape index (κ1) is 16.1. The van der Waals surface area contributed by atoms with Gasteiger partial charge in [-0.15, -0.1) is 0 Å². The molecule has 0 radical (unpaired) electrons. The van der Waals surface area contributed by atoms with Crippen LogP contribution in [0.1, 0.15) is 49.2 Å². The van der Waals surface area contributed by atoms with Crippen molar-refractivity contribution in [1.29, 1.82) is 0 Å². The van der Waals surface area contributed by atoms with Gasteiger partial charge in [-0.25, -0.2) is 0 Å². The highest BCUT2D eigenvalue weighted by molar-refractivity contribution is 6.33. The first-order chi connectivity index (χ1) is 11.0. The highest BCUT2D eigenvalue weighted by atomic mass is 35.5. The van der Waals surface area contributed by atoms with Crippen molar-refractivity contribution >= 4 is 17.5 Å². The summed E-state index contributed by atoms with van der Waals surface area (Å²) < 4.78 is 5.33. The predicted octanol–water partition coefficient (Wildman–Crippen LogP) is 4.71. The summed E-state index contributed by atoms with van der Waals surface area (Å²) in [4.78, 5) is 15.2. The number of amides is 1. The van der Waals surface area contributed by atoms with Crippen LogP contribution < -0.4 is 0 Å². The Hall–Kier alpha value is -1.81. The number of aryl methyl sites for hydroxylation is 1. The highest BCUT2D eigenvalue weighted by Crippen LogP contribution is 2.33.